The molecule has 18 heteroatoms. The number of sulfonamides is 1. The zero-order valence-electron chi connectivity index (χ0n) is 26.0. The minimum absolute atomic E-state index is 0.00573. The second kappa shape index (κ2) is 13.4. The number of ether oxygens (including phenoxy) is 2. The van der Waals surface area contributed by atoms with E-state index in [9.17, 15) is 36.3 Å². The Balaban J connectivity index is 1.14. The summed E-state index contributed by atoms with van der Waals surface area (Å²) in [6.45, 7) is 3.77. The molecule has 1 atom stereocenters. The fourth-order valence-corrected chi connectivity index (χ4v) is 6.88. The molecule has 2 aliphatic rings. The molecule has 1 unspecified atom stereocenters. The van der Waals surface area contributed by atoms with Crippen molar-refractivity contribution in [2.75, 3.05) is 13.2 Å². The van der Waals surface area contributed by atoms with Gasteiger partial charge in [-0.05, 0) is 77.0 Å². The molecule has 0 radical (unpaired) electrons. The van der Waals surface area contributed by atoms with Crippen LogP contribution >= 0.6 is 11.6 Å². The van der Waals surface area contributed by atoms with Crippen molar-refractivity contribution in [1.82, 2.24) is 29.4 Å². The lowest BCUT2D eigenvalue weighted by atomic mass is 10.0. The van der Waals surface area contributed by atoms with Gasteiger partial charge >= 0.3 is 12.3 Å². The predicted molar refractivity (Wildman–Crippen MR) is 165 cm³/mol. The lowest BCUT2D eigenvalue weighted by molar-refractivity contribution is -0.190. The Morgan fingerprint density at radius 1 is 1.06 bits per heavy atom. The first-order valence-electron chi connectivity index (χ1n) is 15.1. The van der Waals surface area contributed by atoms with Gasteiger partial charge in [0.2, 0.25) is 11.8 Å². The van der Waals surface area contributed by atoms with E-state index in [0.717, 1.165) is 12.8 Å². The number of alkyl halides is 3. The molecule has 0 bridgehead atoms. The zero-order valence-corrected chi connectivity index (χ0v) is 27.6. The SMILES string of the molecule is CC1(C)CCC(CCCOc2cccc(S(=O)(=O)NC(=O)c3ccc(-n4ccc(OCCC5(C(F)(F)F)CC5)n4)nc3Cl)n2)N1C(=O)O. The lowest BCUT2D eigenvalue weighted by Crippen LogP contribution is -2.46. The maximum absolute atomic E-state index is 13.1. The van der Waals surface area contributed by atoms with Crippen LogP contribution in [0.15, 0.2) is 47.6 Å². The van der Waals surface area contributed by atoms with E-state index >= 15 is 0 Å². The van der Waals surface area contributed by atoms with Crippen molar-refractivity contribution in [2.24, 2.45) is 5.41 Å². The smallest absolute Gasteiger partial charge is 0.407 e. The molecule has 13 nitrogen and oxygen atoms in total. The van der Waals surface area contributed by atoms with E-state index in [1.165, 1.54) is 52.2 Å². The first-order valence-corrected chi connectivity index (χ1v) is 17.0. The van der Waals surface area contributed by atoms with Gasteiger partial charge in [0.15, 0.2) is 10.8 Å². The molecular formula is C30H34ClF3N6O7S. The second-order valence-electron chi connectivity index (χ2n) is 12.4. The molecule has 48 heavy (non-hydrogen) atoms. The Hall–Kier alpha value is -4.12. The first-order chi connectivity index (χ1) is 22.5. The highest BCUT2D eigenvalue weighted by molar-refractivity contribution is 7.90. The largest absolute Gasteiger partial charge is 0.478 e. The lowest BCUT2D eigenvalue weighted by Gasteiger charge is -2.33. The maximum Gasteiger partial charge on any atom is 0.407 e. The van der Waals surface area contributed by atoms with Crippen molar-refractivity contribution in [3.05, 3.63) is 53.3 Å². The molecule has 2 N–H and O–H groups in total. The third-order valence-corrected chi connectivity index (χ3v) is 10.1. The summed E-state index contributed by atoms with van der Waals surface area (Å²) in [5.41, 5.74) is -2.39. The number of hydrogen-bond donors (Lipinski definition) is 2. The van der Waals surface area contributed by atoms with E-state index in [-0.39, 0.29) is 66.8 Å². The van der Waals surface area contributed by atoms with Crippen LogP contribution in [0.3, 0.4) is 0 Å². The topological polar surface area (TPSA) is 166 Å². The van der Waals surface area contributed by atoms with E-state index in [1.54, 1.807) is 0 Å². The Bertz CT molecular complexity index is 1780. The van der Waals surface area contributed by atoms with Crippen LogP contribution in [-0.2, 0) is 10.0 Å². The Morgan fingerprint density at radius 2 is 1.79 bits per heavy atom. The number of nitrogens with one attached hydrogen (secondary N) is 1. The molecule has 0 aromatic carbocycles. The highest BCUT2D eigenvalue weighted by atomic mass is 35.5. The van der Waals surface area contributed by atoms with Crippen LogP contribution in [0.2, 0.25) is 5.15 Å². The van der Waals surface area contributed by atoms with E-state index < -0.39 is 44.2 Å². The van der Waals surface area contributed by atoms with Crippen LogP contribution < -0.4 is 14.2 Å². The minimum Gasteiger partial charge on any atom is -0.478 e. The summed E-state index contributed by atoms with van der Waals surface area (Å²) in [7, 11) is -4.46. The molecular weight excluding hydrogens is 681 g/mol. The Morgan fingerprint density at radius 3 is 2.46 bits per heavy atom. The molecule has 0 spiro atoms. The van der Waals surface area contributed by atoms with E-state index in [1.807, 2.05) is 18.6 Å². The van der Waals surface area contributed by atoms with Gasteiger partial charge in [0.25, 0.3) is 15.9 Å². The van der Waals surface area contributed by atoms with Crippen molar-refractivity contribution in [3.63, 3.8) is 0 Å². The maximum atomic E-state index is 13.1. The van der Waals surface area contributed by atoms with Gasteiger partial charge in [-0.3, -0.25) is 4.79 Å². The van der Waals surface area contributed by atoms with Crippen LogP contribution in [0.4, 0.5) is 18.0 Å². The minimum atomic E-state index is -4.46. The summed E-state index contributed by atoms with van der Waals surface area (Å²) >= 11 is 6.21. The standard InChI is InChI=1S/C30H34ClF3N6O7S/c1-28(2)12-10-19(40(28)27(42)43)5-4-17-46-22-6-3-7-24(36-22)48(44,45)38-26(41)20-8-9-21(35-25(20)31)39-16-11-23(37-39)47-18-15-29(13-14-29)30(32,33)34/h3,6-9,11,16,19H,4-5,10,12-15,17-18H2,1-2H3,(H,38,41)(H,42,43). The van der Waals surface area contributed by atoms with Crippen molar-refractivity contribution >= 4 is 33.6 Å². The van der Waals surface area contributed by atoms with E-state index in [2.05, 4.69) is 15.1 Å². The second-order valence-corrected chi connectivity index (χ2v) is 14.4. The van der Waals surface area contributed by atoms with Gasteiger partial charge in [0.05, 0.1) is 24.2 Å². The zero-order chi connectivity index (χ0) is 34.9. The summed E-state index contributed by atoms with van der Waals surface area (Å²) in [4.78, 5) is 34.1. The molecule has 1 aliphatic carbocycles. The molecule has 2 amide bonds. The number of carbonyl (C=O) groups is 2. The first kappa shape index (κ1) is 35.2. The number of halogens is 4. The highest BCUT2D eigenvalue weighted by Crippen LogP contribution is 2.59. The van der Waals surface area contributed by atoms with Crippen molar-refractivity contribution in [2.45, 2.75) is 81.6 Å². The number of carboxylic acid groups (broad SMARTS) is 1. The Kier molecular flexibility index (Phi) is 9.83. The summed E-state index contributed by atoms with van der Waals surface area (Å²) < 4.78 is 79.5. The number of nitrogens with zero attached hydrogens (tertiary/aromatic N) is 5. The van der Waals surface area contributed by atoms with Gasteiger partial charge in [-0.25, -0.2) is 19.2 Å². The predicted octanol–water partition coefficient (Wildman–Crippen LogP) is 5.63. The summed E-state index contributed by atoms with van der Waals surface area (Å²) in [5, 5.41) is 12.9. The average Bonchev–Trinajstić information content (AvgIpc) is 3.55. The third-order valence-electron chi connectivity index (χ3n) is 8.61. The third kappa shape index (κ3) is 7.77. The van der Waals surface area contributed by atoms with E-state index in [0.29, 0.717) is 12.8 Å². The van der Waals surface area contributed by atoms with Crippen molar-refractivity contribution in [3.8, 4) is 17.6 Å². The van der Waals surface area contributed by atoms with Crippen LogP contribution in [0.1, 0.15) is 69.2 Å². The fraction of sp³-hybridized carbons (Fsp3) is 0.500. The number of rotatable bonds is 13. The molecule has 4 heterocycles. The molecule has 3 aromatic heterocycles. The normalized spacial score (nSPS) is 18.4. The van der Waals surface area contributed by atoms with Gasteiger partial charge in [0.1, 0.15) is 5.15 Å². The van der Waals surface area contributed by atoms with Crippen LogP contribution in [0.5, 0.6) is 11.8 Å². The summed E-state index contributed by atoms with van der Waals surface area (Å²) in [5.74, 6) is -0.855. The monoisotopic (exact) mass is 714 g/mol. The van der Waals surface area contributed by atoms with Crippen molar-refractivity contribution in [1.29, 1.82) is 0 Å². The molecule has 5 rings (SSSR count). The van der Waals surface area contributed by atoms with E-state index in [4.69, 9.17) is 21.1 Å². The Labute approximate surface area is 279 Å². The molecule has 1 saturated heterocycles. The number of amides is 2. The molecule has 260 valence electrons. The van der Waals surface area contributed by atoms with Gasteiger partial charge in [-0.2, -0.15) is 26.6 Å². The number of likely N-dealkylation sites (tertiary alicyclic amines) is 1. The van der Waals surface area contributed by atoms with Crippen LogP contribution in [0.25, 0.3) is 5.82 Å². The molecule has 2 fully saturated rings. The molecule has 3 aromatic rings. The number of aromatic nitrogens is 4. The van der Waals surface area contributed by atoms with Crippen LogP contribution in [0, 0.1) is 5.41 Å². The highest BCUT2D eigenvalue weighted by Gasteiger charge is 2.62. The molecule has 1 saturated carbocycles. The number of hydrogen-bond acceptors (Lipinski definition) is 9. The quantitative estimate of drug-likeness (QED) is 0.168. The van der Waals surface area contributed by atoms with Gasteiger partial charge in [0, 0.05) is 29.9 Å². The molecule has 1 aliphatic heterocycles. The van der Waals surface area contributed by atoms with Gasteiger partial charge in [-0.1, -0.05) is 17.7 Å². The van der Waals surface area contributed by atoms with Gasteiger partial charge in [-0.15, -0.1) is 5.10 Å². The fourth-order valence-electron chi connectivity index (χ4n) is 5.71. The van der Waals surface area contributed by atoms with Gasteiger partial charge < -0.3 is 19.5 Å². The summed E-state index contributed by atoms with van der Waals surface area (Å²) in [6, 6.07) is 7.92. The number of pyridine rings is 2. The van der Waals surface area contributed by atoms with Crippen molar-refractivity contribution < 1.29 is 45.8 Å². The average molecular weight is 715 g/mol. The number of carbonyl (C=O) groups excluding carboxylic acids is 1. The summed E-state index contributed by atoms with van der Waals surface area (Å²) in [6.07, 6.45) is -1.26. The van der Waals surface area contributed by atoms with Crippen LogP contribution in [-0.4, -0.2) is 81.1 Å².